The van der Waals surface area contributed by atoms with Crippen molar-refractivity contribution in [2.24, 2.45) is 0 Å². The molecule has 3 nitrogen and oxygen atoms in total. The maximum Gasteiger partial charge on any atom is 0.333 e. The molecule has 74 valence electrons. The number of hydrogen-bond acceptors (Lipinski definition) is 3. The first kappa shape index (κ1) is 10.3. The lowest BCUT2D eigenvalue weighted by molar-refractivity contribution is -0.279. The van der Waals surface area contributed by atoms with Crippen molar-refractivity contribution in [1.82, 2.24) is 0 Å². The predicted octanol–water partition coefficient (Wildman–Crippen LogP) is 2.02. The number of esters is 1. The number of ether oxygens (including phenoxy) is 2. The molecule has 3 heteroatoms. The van der Waals surface area contributed by atoms with Crippen LogP contribution in [0.3, 0.4) is 0 Å². The van der Waals surface area contributed by atoms with Crippen LogP contribution in [0, 0.1) is 0 Å². The SMILES string of the molecule is CCC(C)=CC(=O)OC1(C)CCO1. The van der Waals surface area contributed by atoms with E-state index in [0.717, 1.165) is 18.4 Å². The van der Waals surface area contributed by atoms with E-state index in [1.54, 1.807) is 6.92 Å². The zero-order valence-corrected chi connectivity index (χ0v) is 8.42. The van der Waals surface area contributed by atoms with E-state index in [1.165, 1.54) is 6.08 Å². The second kappa shape index (κ2) is 3.92. The van der Waals surface area contributed by atoms with Crippen LogP contribution in [0.25, 0.3) is 0 Å². The summed E-state index contributed by atoms with van der Waals surface area (Å²) in [4.78, 5) is 11.2. The molecule has 0 N–H and O–H groups in total. The molecule has 1 aliphatic heterocycles. The van der Waals surface area contributed by atoms with E-state index in [4.69, 9.17) is 9.47 Å². The number of carbonyl (C=O) groups is 1. The molecule has 1 atom stereocenters. The van der Waals surface area contributed by atoms with Gasteiger partial charge in [-0.05, 0) is 13.3 Å². The third kappa shape index (κ3) is 2.84. The van der Waals surface area contributed by atoms with Crippen molar-refractivity contribution in [2.75, 3.05) is 6.61 Å². The van der Waals surface area contributed by atoms with Crippen LogP contribution in [-0.4, -0.2) is 18.4 Å². The molecule has 0 amide bonds. The van der Waals surface area contributed by atoms with Crippen molar-refractivity contribution in [2.45, 2.75) is 39.4 Å². The van der Waals surface area contributed by atoms with Gasteiger partial charge in [0, 0.05) is 19.4 Å². The Labute approximate surface area is 78.7 Å². The molecule has 1 saturated heterocycles. The number of rotatable bonds is 3. The Balaban J connectivity index is 2.41. The van der Waals surface area contributed by atoms with Gasteiger partial charge in [-0.3, -0.25) is 0 Å². The van der Waals surface area contributed by atoms with Gasteiger partial charge in [0.2, 0.25) is 5.79 Å². The lowest BCUT2D eigenvalue weighted by Gasteiger charge is -2.36. The largest absolute Gasteiger partial charge is 0.430 e. The van der Waals surface area contributed by atoms with E-state index >= 15 is 0 Å². The summed E-state index contributed by atoms with van der Waals surface area (Å²) in [6.07, 6.45) is 3.18. The van der Waals surface area contributed by atoms with Gasteiger partial charge in [-0.15, -0.1) is 0 Å². The first-order chi connectivity index (χ1) is 6.06. The molecule has 0 aromatic heterocycles. The number of carbonyl (C=O) groups excluding carboxylic acids is 1. The molecule has 0 bridgehead atoms. The van der Waals surface area contributed by atoms with Gasteiger partial charge in [-0.25, -0.2) is 4.79 Å². The van der Waals surface area contributed by atoms with Gasteiger partial charge in [0.1, 0.15) is 0 Å². The molecular weight excluding hydrogens is 168 g/mol. The van der Waals surface area contributed by atoms with Gasteiger partial charge in [0.15, 0.2) is 0 Å². The highest BCUT2D eigenvalue weighted by Gasteiger charge is 2.36. The topological polar surface area (TPSA) is 35.5 Å². The van der Waals surface area contributed by atoms with Crippen LogP contribution >= 0.6 is 0 Å². The van der Waals surface area contributed by atoms with E-state index in [2.05, 4.69) is 0 Å². The molecular formula is C10H16O3. The molecule has 0 aromatic rings. The predicted molar refractivity (Wildman–Crippen MR) is 49.1 cm³/mol. The second-order valence-corrected chi connectivity index (χ2v) is 3.50. The highest BCUT2D eigenvalue weighted by molar-refractivity contribution is 5.83. The highest BCUT2D eigenvalue weighted by Crippen LogP contribution is 2.27. The summed E-state index contributed by atoms with van der Waals surface area (Å²) in [5, 5.41) is 0. The standard InChI is InChI=1S/C10H16O3/c1-4-8(2)7-9(11)13-10(3)5-6-12-10/h7H,4-6H2,1-3H3. The van der Waals surface area contributed by atoms with Crippen LogP contribution < -0.4 is 0 Å². The fraction of sp³-hybridized carbons (Fsp3) is 0.700. The summed E-state index contributed by atoms with van der Waals surface area (Å²) in [6.45, 7) is 6.37. The van der Waals surface area contributed by atoms with Gasteiger partial charge in [0.05, 0.1) is 6.61 Å². The van der Waals surface area contributed by atoms with Crippen molar-refractivity contribution in [3.8, 4) is 0 Å². The maximum absolute atomic E-state index is 11.2. The van der Waals surface area contributed by atoms with Crippen molar-refractivity contribution >= 4 is 5.97 Å². The summed E-state index contributed by atoms with van der Waals surface area (Å²) in [6, 6.07) is 0. The van der Waals surface area contributed by atoms with Crippen molar-refractivity contribution < 1.29 is 14.3 Å². The van der Waals surface area contributed by atoms with Gasteiger partial charge in [-0.2, -0.15) is 0 Å². The third-order valence-electron chi connectivity index (χ3n) is 2.20. The minimum Gasteiger partial charge on any atom is -0.430 e. The fourth-order valence-electron chi connectivity index (χ4n) is 1.02. The first-order valence-electron chi connectivity index (χ1n) is 4.60. The minimum atomic E-state index is -0.665. The van der Waals surface area contributed by atoms with Gasteiger partial charge in [0.25, 0.3) is 0 Å². The quantitative estimate of drug-likeness (QED) is 0.497. The Morgan fingerprint density at radius 1 is 1.69 bits per heavy atom. The summed E-state index contributed by atoms with van der Waals surface area (Å²) < 4.78 is 10.2. The van der Waals surface area contributed by atoms with Gasteiger partial charge < -0.3 is 9.47 Å². The number of hydrogen-bond donors (Lipinski definition) is 0. The molecule has 1 fully saturated rings. The lowest BCUT2D eigenvalue weighted by Crippen LogP contribution is -2.44. The summed E-state index contributed by atoms with van der Waals surface area (Å²) >= 11 is 0. The molecule has 1 unspecified atom stereocenters. The summed E-state index contributed by atoms with van der Waals surface area (Å²) in [7, 11) is 0. The Hall–Kier alpha value is -0.830. The van der Waals surface area contributed by atoms with Crippen LogP contribution in [-0.2, 0) is 14.3 Å². The van der Waals surface area contributed by atoms with E-state index in [-0.39, 0.29) is 5.97 Å². The summed E-state index contributed by atoms with van der Waals surface area (Å²) in [5.41, 5.74) is 1.02. The zero-order valence-electron chi connectivity index (χ0n) is 8.42. The average Bonchev–Trinajstić information content (AvgIpc) is 2.01. The minimum absolute atomic E-state index is 0.304. The van der Waals surface area contributed by atoms with Crippen LogP contribution in [0.4, 0.5) is 0 Å². The molecule has 13 heavy (non-hydrogen) atoms. The molecule has 0 radical (unpaired) electrons. The van der Waals surface area contributed by atoms with Crippen LogP contribution in [0.5, 0.6) is 0 Å². The van der Waals surface area contributed by atoms with Crippen LogP contribution in [0.15, 0.2) is 11.6 Å². The fourth-order valence-corrected chi connectivity index (χ4v) is 1.02. The van der Waals surface area contributed by atoms with Crippen LogP contribution in [0.2, 0.25) is 0 Å². The average molecular weight is 184 g/mol. The molecule has 0 aliphatic carbocycles. The van der Waals surface area contributed by atoms with E-state index in [0.29, 0.717) is 6.61 Å². The zero-order chi connectivity index (χ0) is 9.90. The first-order valence-corrected chi connectivity index (χ1v) is 4.60. The van der Waals surface area contributed by atoms with Gasteiger partial charge >= 0.3 is 5.97 Å². The molecule has 0 spiro atoms. The maximum atomic E-state index is 11.2. The molecule has 1 rings (SSSR count). The summed E-state index contributed by atoms with van der Waals surface area (Å²) in [5.74, 6) is -0.969. The van der Waals surface area contributed by atoms with Crippen molar-refractivity contribution in [1.29, 1.82) is 0 Å². The normalized spacial score (nSPS) is 28.1. The van der Waals surface area contributed by atoms with Gasteiger partial charge in [-0.1, -0.05) is 12.5 Å². The Kier molecular flexibility index (Phi) is 3.09. The van der Waals surface area contributed by atoms with Crippen molar-refractivity contribution in [3.05, 3.63) is 11.6 Å². The monoisotopic (exact) mass is 184 g/mol. The molecule has 1 aliphatic rings. The van der Waals surface area contributed by atoms with E-state index < -0.39 is 5.79 Å². The Morgan fingerprint density at radius 2 is 2.31 bits per heavy atom. The Bertz CT molecular complexity index is 226. The highest BCUT2D eigenvalue weighted by atomic mass is 16.7. The van der Waals surface area contributed by atoms with E-state index in [9.17, 15) is 4.79 Å². The van der Waals surface area contributed by atoms with Crippen LogP contribution in [0.1, 0.15) is 33.6 Å². The smallest absolute Gasteiger partial charge is 0.333 e. The molecule has 0 saturated carbocycles. The molecule has 0 aromatic carbocycles. The lowest BCUT2D eigenvalue weighted by atomic mass is 10.1. The third-order valence-corrected chi connectivity index (χ3v) is 2.20. The molecule has 1 heterocycles. The van der Waals surface area contributed by atoms with E-state index in [1.807, 2.05) is 13.8 Å². The van der Waals surface area contributed by atoms with Crippen molar-refractivity contribution in [3.63, 3.8) is 0 Å². The Morgan fingerprint density at radius 3 is 2.69 bits per heavy atom. The second-order valence-electron chi connectivity index (χ2n) is 3.50. The number of allylic oxidation sites excluding steroid dienone is 1.